The highest BCUT2D eigenvalue weighted by molar-refractivity contribution is 5.18. The van der Waals surface area contributed by atoms with E-state index in [1.165, 1.54) is 18.4 Å². The van der Waals surface area contributed by atoms with Gasteiger partial charge in [-0.3, -0.25) is 0 Å². The van der Waals surface area contributed by atoms with Crippen molar-refractivity contribution in [3.05, 3.63) is 11.8 Å². The molecule has 116 valence electrons. The predicted molar refractivity (Wildman–Crippen MR) is 82.7 cm³/mol. The first-order valence-electron chi connectivity index (χ1n) is 8.12. The molecule has 2 aliphatic rings. The highest BCUT2D eigenvalue weighted by Crippen LogP contribution is 2.45. The summed E-state index contributed by atoms with van der Waals surface area (Å²) in [6.45, 7) is 8.74. The Morgan fingerprint density at radius 1 is 1.30 bits per heavy atom. The van der Waals surface area contributed by atoms with Crippen molar-refractivity contribution in [1.82, 2.24) is 5.32 Å². The standard InChI is InChI=1S/C17H31NO2/c1-5-18-15(14-7-6-12-20-13-14)17(19-4)10-8-16(2,3)9-11-17/h13,15,18H,5-12H2,1-4H3. The van der Waals surface area contributed by atoms with Crippen LogP contribution in [0.15, 0.2) is 11.8 Å². The predicted octanol–water partition coefficient (Wildman–Crippen LogP) is 3.64. The van der Waals surface area contributed by atoms with Crippen LogP contribution in [-0.2, 0) is 9.47 Å². The van der Waals surface area contributed by atoms with Gasteiger partial charge in [-0.15, -0.1) is 0 Å². The third kappa shape index (κ3) is 3.37. The molecule has 1 N–H and O–H groups in total. The molecule has 0 aromatic carbocycles. The zero-order chi connectivity index (χ0) is 14.6. The molecule has 0 saturated heterocycles. The van der Waals surface area contributed by atoms with E-state index in [0.717, 1.165) is 38.8 Å². The molecular weight excluding hydrogens is 250 g/mol. The van der Waals surface area contributed by atoms with Crippen LogP contribution in [0.3, 0.4) is 0 Å². The molecule has 3 nitrogen and oxygen atoms in total. The molecule has 0 aromatic rings. The van der Waals surface area contributed by atoms with Gasteiger partial charge in [-0.25, -0.2) is 0 Å². The molecule has 0 amide bonds. The van der Waals surface area contributed by atoms with Gasteiger partial charge in [0.05, 0.1) is 24.5 Å². The van der Waals surface area contributed by atoms with Crippen molar-refractivity contribution in [2.75, 3.05) is 20.3 Å². The van der Waals surface area contributed by atoms with Crippen molar-refractivity contribution in [1.29, 1.82) is 0 Å². The lowest BCUT2D eigenvalue weighted by molar-refractivity contribution is -0.0797. The highest BCUT2D eigenvalue weighted by atomic mass is 16.5. The van der Waals surface area contributed by atoms with Crippen molar-refractivity contribution in [3.8, 4) is 0 Å². The number of hydrogen-bond acceptors (Lipinski definition) is 3. The third-order valence-electron chi connectivity index (χ3n) is 5.12. The van der Waals surface area contributed by atoms with Gasteiger partial charge in [0.25, 0.3) is 0 Å². The van der Waals surface area contributed by atoms with Crippen LogP contribution < -0.4 is 5.32 Å². The molecule has 2 rings (SSSR count). The Morgan fingerprint density at radius 3 is 2.50 bits per heavy atom. The van der Waals surface area contributed by atoms with E-state index in [4.69, 9.17) is 9.47 Å². The van der Waals surface area contributed by atoms with Crippen LogP contribution in [-0.4, -0.2) is 31.9 Å². The molecule has 3 heteroatoms. The molecule has 1 aliphatic heterocycles. The van der Waals surface area contributed by atoms with E-state index in [-0.39, 0.29) is 5.60 Å². The average Bonchev–Trinajstić information content (AvgIpc) is 2.47. The maximum Gasteiger partial charge on any atom is 0.0876 e. The maximum absolute atomic E-state index is 6.08. The SMILES string of the molecule is CCNC(C1=COCCC1)C1(OC)CCC(C)(C)CC1. The van der Waals surface area contributed by atoms with Crippen LogP contribution in [0.4, 0.5) is 0 Å². The number of nitrogens with one attached hydrogen (secondary N) is 1. The van der Waals surface area contributed by atoms with Crippen LogP contribution >= 0.6 is 0 Å². The smallest absolute Gasteiger partial charge is 0.0876 e. The lowest BCUT2D eigenvalue weighted by Gasteiger charge is -2.48. The van der Waals surface area contributed by atoms with Crippen LogP contribution in [0.5, 0.6) is 0 Å². The summed E-state index contributed by atoms with van der Waals surface area (Å²) in [5, 5.41) is 3.67. The molecule has 1 atom stereocenters. The van der Waals surface area contributed by atoms with Crippen molar-refractivity contribution in [2.45, 2.75) is 70.9 Å². The van der Waals surface area contributed by atoms with E-state index in [2.05, 4.69) is 26.1 Å². The van der Waals surface area contributed by atoms with Gasteiger partial charge in [-0.1, -0.05) is 20.8 Å². The van der Waals surface area contributed by atoms with Crippen molar-refractivity contribution in [2.24, 2.45) is 5.41 Å². The Kier molecular flexibility index (Phi) is 5.14. The Labute approximate surface area is 124 Å². The molecule has 1 unspecified atom stereocenters. The van der Waals surface area contributed by atoms with Crippen LogP contribution in [0.2, 0.25) is 0 Å². The fourth-order valence-corrected chi connectivity index (χ4v) is 3.62. The molecule has 0 spiro atoms. The summed E-state index contributed by atoms with van der Waals surface area (Å²) in [6, 6.07) is 0.300. The highest BCUT2D eigenvalue weighted by Gasteiger charge is 2.45. The second-order valence-electron chi connectivity index (χ2n) is 7.09. The third-order valence-corrected chi connectivity index (χ3v) is 5.12. The van der Waals surface area contributed by atoms with Gasteiger partial charge in [0.15, 0.2) is 0 Å². The normalized spacial score (nSPS) is 26.5. The van der Waals surface area contributed by atoms with Crippen molar-refractivity contribution >= 4 is 0 Å². The van der Waals surface area contributed by atoms with Gasteiger partial charge in [0.1, 0.15) is 0 Å². The Morgan fingerprint density at radius 2 is 2.00 bits per heavy atom. The molecule has 0 aromatic heterocycles. The Balaban J connectivity index is 2.19. The van der Waals surface area contributed by atoms with Gasteiger partial charge in [0.2, 0.25) is 0 Å². The molecule has 1 aliphatic carbocycles. The molecule has 1 fully saturated rings. The zero-order valence-corrected chi connectivity index (χ0v) is 13.6. The molecule has 1 saturated carbocycles. The topological polar surface area (TPSA) is 30.5 Å². The van der Waals surface area contributed by atoms with Crippen molar-refractivity contribution < 1.29 is 9.47 Å². The van der Waals surface area contributed by atoms with E-state index in [1.54, 1.807) is 0 Å². The first kappa shape index (κ1) is 15.8. The number of ether oxygens (including phenoxy) is 2. The maximum atomic E-state index is 6.08. The van der Waals surface area contributed by atoms with E-state index < -0.39 is 0 Å². The van der Waals surface area contributed by atoms with E-state index in [0.29, 0.717) is 11.5 Å². The lowest BCUT2D eigenvalue weighted by atomic mass is 9.67. The van der Waals surface area contributed by atoms with Gasteiger partial charge >= 0.3 is 0 Å². The summed E-state index contributed by atoms with van der Waals surface area (Å²) in [5.74, 6) is 0. The fourth-order valence-electron chi connectivity index (χ4n) is 3.62. The number of rotatable bonds is 5. The summed E-state index contributed by atoms with van der Waals surface area (Å²) in [5.41, 5.74) is 1.79. The van der Waals surface area contributed by atoms with E-state index in [9.17, 15) is 0 Å². The second-order valence-corrected chi connectivity index (χ2v) is 7.09. The number of methoxy groups -OCH3 is 1. The van der Waals surface area contributed by atoms with Gasteiger partial charge in [-0.2, -0.15) is 0 Å². The average molecular weight is 281 g/mol. The summed E-state index contributed by atoms with van der Waals surface area (Å²) in [7, 11) is 1.88. The largest absolute Gasteiger partial charge is 0.501 e. The van der Waals surface area contributed by atoms with E-state index >= 15 is 0 Å². The molecule has 0 bridgehead atoms. The van der Waals surface area contributed by atoms with Crippen LogP contribution in [0.1, 0.15) is 59.3 Å². The quantitative estimate of drug-likeness (QED) is 0.834. The van der Waals surface area contributed by atoms with Crippen LogP contribution in [0.25, 0.3) is 0 Å². The minimum absolute atomic E-state index is 0.0575. The first-order valence-corrected chi connectivity index (χ1v) is 8.12. The summed E-state index contributed by atoms with van der Waals surface area (Å²) in [4.78, 5) is 0. The second kappa shape index (κ2) is 6.48. The lowest BCUT2D eigenvalue weighted by Crippen LogP contribution is -2.55. The van der Waals surface area contributed by atoms with Gasteiger partial charge in [0, 0.05) is 7.11 Å². The summed E-state index contributed by atoms with van der Waals surface area (Å²) >= 11 is 0. The summed E-state index contributed by atoms with van der Waals surface area (Å²) < 4.78 is 11.7. The minimum Gasteiger partial charge on any atom is -0.501 e. The van der Waals surface area contributed by atoms with Crippen molar-refractivity contribution in [3.63, 3.8) is 0 Å². The van der Waals surface area contributed by atoms with Gasteiger partial charge < -0.3 is 14.8 Å². The molecule has 20 heavy (non-hydrogen) atoms. The first-order chi connectivity index (χ1) is 9.53. The monoisotopic (exact) mass is 281 g/mol. The zero-order valence-electron chi connectivity index (χ0n) is 13.6. The Bertz CT molecular complexity index is 339. The minimum atomic E-state index is -0.0575. The molecule has 0 radical (unpaired) electrons. The van der Waals surface area contributed by atoms with Gasteiger partial charge in [-0.05, 0) is 56.1 Å². The number of hydrogen-bond donors (Lipinski definition) is 1. The fraction of sp³-hybridized carbons (Fsp3) is 0.882. The van der Waals surface area contributed by atoms with Crippen LogP contribution in [0, 0.1) is 5.41 Å². The summed E-state index contributed by atoms with van der Waals surface area (Å²) in [6.07, 6.45) is 8.97. The number of likely N-dealkylation sites (N-methyl/N-ethyl adjacent to an activating group) is 1. The van der Waals surface area contributed by atoms with E-state index in [1.807, 2.05) is 13.4 Å². The molecule has 1 heterocycles. The Hall–Kier alpha value is -0.540. The molecular formula is C17H31NO2.